The van der Waals surface area contributed by atoms with Crippen molar-refractivity contribution in [3.8, 4) is 11.1 Å². The molecule has 2 N–H and O–H groups in total. The maximum Gasteiger partial charge on any atom is 0.261 e. The van der Waals surface area contributed by atoms with Crippen LogP contribution in [0.4, 0.5) is 0 Å². The number of nitrogens with zero attached hydrogens (tertiary/aromatic N) is 2. The van der Waals surface area contributed by atoms with Gasteiger partial charge in [-0.1, -0.05) is 41.4 Å². The number of likely N-dealkylation sites (N-methyl/N-ethyl adjacent to an activating group) is 1. The molecule has 2 aromatic carbocycles. The number of hydrogen-bond donors (Lipinski definition) is 1. The fraction of sp³-hybridized carbons (Fsp3) is 0.263. The summed E-state index contributed by atoms with van der Waals surface area (Å²) in [6.45, 7) is 0. The number of hydrogen-bond acceptors (Lipinski definition) is 3. The molecule has 1 heterocycles. The topological polar surface area (TPSA) is 58.7 Å². The predicted molar refractivity (Wildman–Crippen MR) is 101 cm³/mol. The lowest BCUT2D eigenvalue weighted by Gasteiger charge is -2.25. The van der Waals surface area contributed by atoms with E-state index in [1.165, 1.54) is 4.90 Å². The molecule has 1 atom stereocenters. The molecule has 128 valence electrons. The fourth-order valence-corrected chi connectivity index (χ4v) is 4.04. The Labute approximate surface area is 156 Å². The largest absolute Gasteiger partial charge is 0.369 e. The average molecular weight is 374 g/mol. The third-order valence-corrected chi connectivity index (χ3v) is 5.37. The Balaban J connectivity index is 1.85. The molecule has 1 aliphatic heterocycles. The van der Waals surface area contributed by atoms with Crippen molar-refractivity contribution < 1.29 is 4.79 Å². The van der Waals surface area contributed by atoms with Crippen LogP contribution < -0.4 is 5.73 Å². The summed E-state index contributed by atoms with van der Waals surface area (Å²) in [5, 5.41) is 1.15. The molecule has 0 bridgehead atoms. The monoisotopic (exact) mass is 373 g/mol. The summed E-state index contributed by atoms with van der Waals surface area (Å²) in [6, 6.07) is 13.3. The lowest BCUT2D eigenvalue weighted by molar-refractivity contribution is -0.131. The van der Waals surface area contributed by atoms with Gasteiger partial charge in [0.2, 0.25) is 0 Å². The van der Waals surface area contributed by atoms with Crippen LogP contribution >= 0.6 is 23.2 Å². The highest BCUT2D eigenvalue weighted by Crippen LogP contribution is 2.51. The maximum atomic E-state index is 13.0. The number of rotatable bonds is 3. The molecule has 1 aliphatic carbocycles. The molecule has 4 nitrogen and oxygen atoms in total. The van der Waals surface area contributed by atoms with E-state index < -0.39 is 5.54 Å². The molecule has 6 heteroatoms. The zero-order valence-corrected chi connectivity index (χ0v) is 15.2. The number of guanidine groups is 1. The molecule has 4 rings (SSSR count). The maximum absolute atomic E-state index is 13.0. The molecule has 0 radical (unpaired) electrons. The number of nitrogens with two attached hydrogens (primary N) is 1. The van der Waals surface area contributed by atoms with Crippen LogP contribution in [0.25, 0.3) is 11.1 Å². The number of carbonyl (C=O) groups excluding carboxylic acids is 1. The van der Waals surface area contributed by atoms with Crippen molar-refractivity contribution >= 4 is 35.1 Å². The van der Waals surface area contributed by atoms with Crippen LogP contribution in [-0.4, -0.2) is 23.8 Å². The zero-order chi connectivity index (χ0) is 17.8. The van der Waals surface area contributed by atoms with E-state index >= 15 is 0 Å². The Hall–Kier alpha value is -2.04. The predicted octanol–water partition coefficient (Wildman–Crippen LogP) is 4.05. The lowest BCUT2D eigenvalue weighted by Crippen LogP contribution is -2.41. The Bertz CT molecular complexity index is 887. The molecule has 0 aromatic heterocycles. The summed E-state index contributed by atoms with van der Waals surface area (Å²) < 4.78 is 0. The van der Waals surface area contributed by atoms with Gasteiger partial charge in [0, 0.05) is 17.1 Å². The average Bonchev–Trinajstić information content (AvgIpc) is 3.39. The van der Waals surface area contributed by atoms with Gasteiger partial charge in [0.1, 0.15) is 0 Å². The van der Waals surface area contributed by atoms with Gasteiger partial charge in [-0.25, -0.2) is 4.99 Å². The second kappa shape index (κ2) is 5.75. The van der Waals surface area contributed by atoms with Crippen LogP contribution in [0.5, 0.6) is 0 Å². The van der Waals surface area contributed by atoms with Gasteiger partial charge in [0.25, 0.3) is 5.91 Å². The van der Waals surface area contributed by atoms with Crippen LogP contribution in [0, 0.1) is 5.92 Å². The van der Waals surface area contributed by atoms with Gasteiger partial charge in [0.05, 0.1) is 0 Å². The van der Waals surface area contributed by atoms with Crippen LogP contribution in [0.1, 0.15) is 18.4 Å². The molecule has 1 saturated carbocycles. The van der Waals surface area contributed by atoms with Gasteiger partial charge in [-0.15, -0.1) is 0 Å². The molecule has 25 heavy (non-hydrogen) atoms. The molecular weight excluding hydrogens is 357 g/mol. The first kappa shape index (κ1) is 16.4. The summed E-state index contributed by atoms with van der Waals surface area (Å²) in [6.07, 6.45) is 1.95. The SMILES string of the molecule is CN1C(=O)C(c2cccc(-c3cc(Cl)cc(Cl)c3)c2)(C2CC2)N=C1N. The Kier molecular flexibility index (Phi) is 3.78. The molecule has 2 aromatic rings. The molecule has 1 fully saturated rings. The minimum atomic E-state index is -0.906. The summed E-state index contributed by atoms with van der Waals surface area (Å²) in [5.74, 6) is 0.406. The van der Waals surface area contributed by atoms with E-state index in [2.05, 4.69) is 4.99 Å². The minimum Gasteiger partial charge on any atom is -0.369 e. The lowest BCUT2D eigenvalue weighted by atomic mass is 9.83. The molecule has 0 spiro atoms. The highest BCUT2D eigenvalue weighted by atomic mass is 35.5. The third-order valence-electron chi connectivity index (χ3n) is 4.93. The minimum absolute atomic E-state index is 0.0613. The van der Waals surface area contributed by atoms with Crippen molar-refractivity contribution in [3.63, 3.8) is 0 Å². The van der Waals surface area contributed by atoms with Crippen LogP contribution in [0.15, 0.2) is 47.5 Å². The van der Waals surface area contributed by atoms with E-state index in [1.54, 1.807) is 13.1 Å². The molecule has 2 aliphatic rings. The Morgan fingerprint density at radius 3 is 2.36 bits per heavy atom. The summed E-state index contributed by atoms with van der Waals surface area (Å²) in [5.41, 5.74) is 7.76. The molecule has 1 unspecified atom stereocenters. The van der Waals surface area contributed by atoms with Crippen LogP contribution in [0.3, 0.4) is 0 Å². The first-order valence-corrected chi connectivity index (χ1v) is 8.88. The van der Waals surface area contributed by atoms with E-state index in [9.17, 15) is 4.79 Å². The van der Waals surface area contributed by atoms with E-state index in [0.717, 1.165) is 29.5 Å². The number of carbonyl (C=O) groups is 1. The van der Waals surface area contributed by atoms with Gasteiger partial charge < -0.3 is 5.73 Å². The van der Waals surface area contributed by atoms with Crippen molar-refractivity contribution in [1.29, 1.82) is 0 Å². The van der Waals surface area contributed by atoms with Crippen molar-refractivity contribution in [2.24, 2.45) is 16.6 Å². The highest BCUT2D eigenvalue weighted by molar-refractivity contribution is 6.35. The molecule has 0 saturated heterocycles. The van der Waals surface area contributed by atoms with Crippen LogP contribution in [0.2, 0.25) is 10.0 Å². The first-order valence-electron chi connectivity index (χ1n) is 8.12. The summed E-state index contributed by atoms with van der Waals surface area (Å²) in [7, 11) is 1.67. The van der Waals surface area contributed by atoms with Crippen molar-refractivity contribution in [2.75, 3.05) is 7.05 Å². The van der Waals surface area contributed by atoms with Gasteiger partial charge in [-0.05, 0) is 59.7 Å². The molecule has 1 amide bonds. The second-order valence-electron chi connectivity index (χ2n) is 6.61. The quantitative estimate of drug-likeness (QED) is 0.881. The van der Waals surface area contributed by atoms with E-state index in [1.807, 2.05) is 36.4 Å². The second-order valence-corrected chi connectivity index (χ2v) is 7.49. The normalized spacial score (nSPS) is 23.1. The zero-order valence-electron chi connectivity index (χ0n) is 13.7. The van der Waals surface area contributed by atoms with Gasteiger partial charge in [0.15, 0.2) is 11.5 Å². The number of halogens is 2. The van der Waals surface area contributed by atoms with E-state index in [0.29, 0.717) is 10.0 Å². The third kappa shape index (κ3) is 2.60. The van der Waals surface area contributed by atoms with Crippen LogP contribution in [-0.2, 0) is 10.3 Å². The van der Waals surface area contributed by atoms with Crippen molar-refractivity contribution in [2.45, 2.75) is 18.4 Å². The summed E-state index contributed by atoms with van der Waals surface area (Å²) in [4.78, 5) is 19.0. The molecular formula is C19H17Cl2N3O. The Morgan fingerprint density at radius 2 is 1.80 bits per heavy atom. The van der Waals surface area contributed by atoms with Gasteiger partial charge in [-0.3, -0.25) is 9.69 Å². The van der Waals surface area contributed by atoms with Crippen molar-refractivity contribution in [1.82, 2.24) is 4.90 Å². The van der Waals surface area contributed by atoms with Gasteiger partial charge in [-0.2, -0.15) is 0 Å². The van der Waals surface area contributed by atoms with E-state index in [-0.39, 0.29) is 17.8 Å². The Morgan fingerprint density at radius 1 is 1.12 bits per heavy atom. The van der Waals surface area contributed by atoms with Crippen molar-refractivity contribution in [3.05, 3.63) is 58.1 Å². The smallest absolute Gasteiger partial charge is 0.261 e. The standard InChI is InChI=1S/C19H17Cl2N3O/c1-24-17(25)19(13-5-6-13,23-18(24)22)14-4-2-3-11(7-14)12-8-15(20)10-16(21)9-12/h2-4,7-10,13H,5-6H2,1H3,(H2,22,23). The fourth-order valence-electron chi connectivity index (χ4n) is 3.51. The summed E-state index contributed by atoms with van der Waals surface area (Å²) >= 11 is 12.3. The van der Waals surface area contributed by atoms with Gasteiger partial charge >= 0.3 is 0 Å². The first-order chi connectivity index (χ1) is 11.9. The number of amides is 1. The number of benzene rings is 2. The number of aliphatic imine (C=N–C) groups is 1. The highest BCUT2D eigenvalue weighted by Gasteiger charge is 2.57. The van der Waals surface area contributed by atoms with E-state index in [4.69, 9.17) is 28.9 Å².